The fraction of sp³-hybridized carbons (Fsp3) is 0.174. The quantitative estimate of drug-likeness (QED) is 0.443. The zero-order valence-corrected chi connectivity index (χ0v) is 17.2. The molecule has 0 atom stereocenters. The summed E-state index contributed by atoms with van der Waals surface area (Å²) in [6.45, 7) is 2.37. The predicted molar refractivity (Wildman–Crippen MR) is 117 cm³/mol. The molecule has 2 aromatic carbocycles. The van der Waals surface area contributed by atoms with Gasteiger partial charge in [-0.3, -0.25) is 4.79 Å². The molecule has 152 valence electrons. The lowest BCUT2D eigenvalue weighted by Gasteiger charge is -2.07. The van der Waals surface area contributed by atoms with Crippen molar-refractivity contribution in [1.29, 1.82) is 0 Å². The number of aryl methyl sites for hydroxylation is 1. The Morgan fingerprint density at radius 3 is 2.70 bits per heavy atom. The van der Waals surface area contributed by atoms with Crippen LogP contribution < -0.4 is 16.1 Å². The predicted octanol–water partition coefficient (Wildman–Crippen LogP) is 4.55. The number of thiazole rings is 1. The number of hydrogen-bond acceptors (Lipinski definition) is 6. The Kier molecular flexibility index (Phi) is 5.63. The SMILES string of the molecule is CCCc1cc(=O)oc2cc(OCc3csc(-c4ccc(C(N)=O)cc4)n3)ccc12. The summed E-state index contributed by atoms with van der Waals surface area (Å²) in [5.74, 6) is 0.155. The summed E-state index contributed by atoms with van der Waals surface area (Å²) in [6.07, 6.45) is 1.78. The van der Waals surface area contributed by atoms with Crippen LogP contribution in [0.15, 0.2) is 63.1 Å². The van der Waals surface area contributed by atoms with E-state index in [1.807, 2.05) is 29.6 Å². The van der Waals surface area contributed by atoms with E-state index >= 15 is 0 Å². The molecule has 30 heavy (non-hydrogen) atoms. The molecule has 0 bridgehead atoms. The van der Waals surface area contributed by atoms with E-state index in [1.54, 1.807) is 24.3 Å². The maximum atomic E-state index is 11.8. The van der Waals surface area contributed by atoms with Gasteiger partial charge in [-0.2, -0.15) is 0 Å². The summed E-state index contributed by atoms with van der Waals surface area (Å²) in [5.41, 5.74) is 8.59. The first-order valence-corrected chi connectivity index (χ1v) is 10.5. The van der Waals surface area contributed by atoms with Gasteiger partial charge < -0.3 is 14.9 Å². The van der Waals surface area contributed by atoms with Crippen molar-refractivity contribution in [2.24, 2.45) is 5.73 Å². The topological polar surface area (TPSA) is 95.4 Å². The van der Waals surface area contributed by atoms with Crippen LogP contribution in [-0.2, 0) is 13.0 Å². The highest BCUT2D eigenvalue weighted by Crippen LogP contribution is 2.26. The summed E-state index contributed by atoms with van der Waals surface area (Å²) in [4.78, 5) is 27.6. The summed E-state index contributed by atoms with van der Waals surface area (Å²) in [5, 5.41) is 3.69. The molecule has 7 heteroatoms. The van der Waals surface area contributed by atoms with Crippen molar-refractivity contribution in [2.75, 3.05) is 0 Å². The van der Waals surface area contributed by atoms with E-state index in [1.165, 1.54) is 11.3 Å². The van der Waals surface area contributed by atoms with Gasteiger partial charge in [0.05, 0.1) is 5.69 Å². The number of primary amides is 1. The first kappa shape index (κ1) is 19.8. The lowest BCUT2D eigenvalue weighted by atomic mass is 10.1. The normalized spacial score (nSPS) is 11.0. The molecule has 0 aliphatic heterocycles. The molecule has 2 N–H and O–H groups in total. The first-order chi connectivity index (χ1) is 14.5. The number of hydrogen-bond donors (Lipinski definition) is 1. The minimum atomic E-state index is -0.456. The fourth-order valence-corrected chi connectivity index (χ4v) is 4.03. The summed E-state index contributed by atoms with van der Waals surface area (Å²) >= 11 is 1.50. The van der Waals surface area contributed by atoms with Gasteiger partial charge in [0.2, 0.25) is 5.91 Å². The molecule has 2 aromatic heterocycles. The number of carbonyl (C=O) groups is 1. The van der Waals surface area contributed by atoms with Crippen molar-refractivity contribution in [1.82, 2.24) is 4.98 Å². The van der Waals surface area contributed by atoms with Gasteiger partial charge in [0.1, 0.15) is 22.9 Å². The van der Waals surface area contributed by atoms with Crippen LogP contribution in [0.3, 0.4) is 0 Å². The zero-order valence-electron chi connectivity index (χ0n) is 16.4. The van der Waals surface area contributed by atoms with E-state index in [-0.39, 0.29) is 5.63 Å². The molecular weight excluding hydrogens is 400 g/mol. The van der Waals surface area contributed by atoms with Gasteiger partial charge in [-0.1, -0.05) is 25.5 Å². The van der Waals surface area contributed by atoms with Crippen LogP contribution in [0.4, 0.5) is 0 Å². The monoisotopic (exact) mass is 420 g/mol. The van der Waals surface area contributed by atoms with E-state index in [0.717, 1.165) is 40.1 Å². The molecule has 0 aliphatic carbocycles. The van der Waals surface area contributed by atoms with Gasteiger partial charge in [-0.25, -0.2) is 9.78 Å². The van der Waals surface area contributed by atoms with Crippen LogP contribution in [0.2, 0.25) is 0 Å². The van der Waals surface area contributed by atoms with E-state index in [4.69, 9.17) is 14.9 Å². The van der Waals surface area contributed by atoms with Crippen molar-refractivity contribution in [3.8, 4) is 16.3 Å². The second kappa shape index (κ2) is 8.51. The Hall–Kier alpha value is -3.45. The maximum Gasteiger partial charge on any atom is 0.336 e. The number of nitrogens with zero attached hydrogens (tertiary/aromatic N) is 1. The average Bonchev–Trinajstić information content (AvgIpc) is 3.21. The van der Waals surface area contributed by atoms with Crippen LogP contribution in [0.5, 0.6) is 5.75 Å². The second-order valence-corrected chi connectivity index (χ2v) is 7.73. The van der Waals surface area contributed by atoms with Crippen molar-refractivity contribution in [3.05, 3.63) is 81.2 Å². The van der Waals surface area contributed by atoms with Crippen molar-refractivity contribution < 1.29 is 13.9 Å². The van der Waals surface area contributed by atoms with Gasteiger partial charge in [-0.05, 0) is 36.2 Å². The van der Waals surface area contributed by atoms with Crippen molar-refractivity contribution in [2.45, 2.75) is 26.4 Å². The molecule has 0 fully saturated rings. The number of carbonyl (C=O) groups excluding carboxylic acids is 1. The Balaban J connectivity index is 1.49. The van der Waals surface area contributed by atoms with Gasteiger partial charge in [0, 0.05) is 34.0 Å². The van der Waals surface area contributed by atoms with Crippen LogP contribution >= 0.6 is 11.3 Å². The van der Waals surface area contributed by atoms with Crippen LogP contribution in [0, 0.1) is 0 Å². The number of aromatic nitrogens is 1. The van der Waals surface area contributed by atoms with E-state index in [2.05, 4.69) is 11.9 Å². The molecule has 0 saturated heterocycles. The summed E-state index contributed by atoms with van der Waals surface area (Å²) < 4.78 is 11.2. The molecule has 1 amide bonds. The lowest BCUT2D eigenvalue weighted by molar-refractivity contribution is 0.100. The smallest absolute Gasteiger partial charge is 0.336 e. The third-order valence-corrected chi connectivity index (χ3v) is 5.62. The fourth-order valence-electron chi connectivity index (χ4n) is 3.22. The number of amides is 1. The molecule has 6 nitrogen and oxygen atoms in total. The van der Waals surface area contributed by atoms with Gasteiger partial charge in [0.15, 0.2) is 0 Å². The summed E-state index contributed by atoms with van der Waals surface area (Å²) in [6, 6.07) is 14.1. The highest BCUT2D eigenvalue weighted by Gasteiger charge is 2.09. The van der Waals surface area contributed by atoms with Crippen LogP contribution in [0.25, 0.3) is 21.5 Å². The molecule has 4 rings (SSSR count). The molecule has 0 spiro atoms. The Bertz CT molecular complexity index is 1260. The number of nitrogens with two attached hydrogens (primary N) is 1. The maximum absolute atomic E-state index is 11.8. The molecule has 0 radical (unpaired) electrons. The first-order valence-electron chi connectivity index (χ1n) is 9.57. The van der Waals surface area contributed by atoms with E-state index in [9.17, 15) is 9.59 Å². The highest BCUT2D eigenvalue weighted by molar-refractivity contribution is 7.13. The van der Waals surface area contributed by atoms with Gasteiger partial charge in [0.25, 0.3) is 0 Å². The largest absolute Gasteiger partial charge is 0.487 e. The van der Waals surface area contributed by atoms with Crippen molar-refractivity contribution in [3.63, 3.8) is 0 Å². The number of benzene rings is 2. The molecule has 4 aromatic rings. The third-order valence-electron chi connectivity index (χ3n) is 4.68. The molecular formula is C23H20N2O4S. The molecule has 0 aliphatic rings. The van der Waals surface area contributed by atoms with Gasteiger partial charge in [-0.15, -0.1) is 11.3 Å². The lowest BCUT2D eigenvalue weighted by Crippen LogP contribution is -2.10. The number of rotatable bonds is 7. The Morgan fingerprint density at radius 2 is 1.97 bits per heavy atom. The van der Waals surface area contributed by atoms with Crippen molar-refractivity contribution >= 4 is 28.2 Å². The Morgan fingerprint density at radius 1 is 1.17 bits per heavy atom. The third kappa shape index (κ3) is 4.26. The molecule has 0 unspecified atom stereocenters. The zero-order chi connectivity index (χ0) is 21.1. The summed E-state index contributed by atoms with van der Waals surface area (Å²) in [7, 11) is 0. The van der Waals surface area contributed by atoms with Crippen LogP contribution in [-0.4, -0.2) is 10.9 Å². The van der Waals surface area contributed by atoms with E-state index < -0.39 is 5.91 Å². The standard InChI is InChI=1S/C23H20N2O4S/c1-2-3-16-10-21(26)29-20-11-18(8-9-19(16)20)28-12-17-13-30-23(25-17)15-6-4-14(5-7-15)22(24)27/h4-11,13H,2-3,12H2,1H3,(H2,24,27). The number of ether oxygens (including phenoxy) is 1. The minimum Gasteiger partial charge on any atom is -0.487 e. The molecule has 2 heterocycles. The second-order valence-electron chi connectivity index (χ2n) is 6.87. The Labute approximate surface area is 176 Å². The molecule has 0 saturated carbocycles. The van der Waals surface area contributed by atoms with Crippen LogP contribution in [0.1, 0.15) is 35.0 Å². The minimum absolute atomic E-state index is 0.292. The highest BCUT2D eigenvalue weighted by atomic mass is 32.1. The van der Waals surface area contributed by atoms with Gasteiger partial charge >= 0.3 is 5.63 Å². The average molecular weight is 420 g/mol. The number of fused-ring (bicyclic) bond motifs is 1. The van der Waals surface area contributed by atoms with E-state index in [0.29, 0.717) is 23.5 Å².